The molecular formula is C22H22O6. The summed E-state index contributed by atoms with van der Waals surface area (Å²) in [6.45, 7) is 7.04. The van der Waals surface area contributed by atoms with Crippen molar-refractivity contribution < 1.29 is 23.8 Å². The number of hydrogen-bond donors (Lipinski definition) is 1. The Balaban J connectivity index is 1.92. The van der Waals surface area contributed by atoms with Crippen molar-refractivity contribution in [3.8, 4) is 17.2 Å². The molecule has 28 heavy (non-hydrogen) atoms. The SMILES string of the molecule is CC(C)c1cccc(Oc2coc3cc(OC(C)(C)C(=O)O)ccc3c2=O)c1. The fraction of sp³-hybridized carbons (Fsp3) is 0.273. The Labute approximate surface area is 162 Å². The van der Waals surface area contributed by atoms with E-state index in [0.29, 0.717) is 22.8 Å². The first-order chi connectivity index (χ1) is 13.2. The van der Waals surface area contributed by atoms with Gasteiger partial charge in [0.25, 0.3) is 0 Å². The van der Waals surface area contributed by atoms with Gasteiger partial charge in [-0.2, -0.15) is 0 Å². The van der Waals surface area contributed by atoms with Gasteiger partial charge in [0.15, 0.2) is 5.60 Å². The zero-order valence-electron chi connectivity index (χ0n) is 16.2. The largest absolute Gasteiger partial charge is 0.478 e. The van der Waals surface area contributed by atoms with Crippen molar-refractivity contribution in [3.05, 3.63) is 64.5 Å². The second kappa shape index (κ2) is 7.38. The van der Waals surface area contributed by atoms with Crippen molar-refractivity contribution in [3.63, 3.8) is 0 Å². The summed E-state index contributed by atoms with van der Waals surface area (Å²) in [4.78, 5) is 23.9. The predicted molar refractivity (Wildman–Crippen MR) is 105 cm³/mol. The highest BCUT2D eigenvalue weighted by Gasteiger charge is 2.29. The van der Waals surface area contributed by atoms with E-state index in [9.17, 15) is 14.7 Å². The van der Waals surface area contributed by atoms with Crippen LogP contribution in [0.4, 0.5) is 0 Å². The topological polar surface area (TPSA) is 86.0 Å². The Kier molecular flexibility index (Phi) is 5.14. The van der Waals surface area contributed by atoms with E-state index in [4.69, 9.17) is 13.9 Å². The first kappa shape index (κ1) is 19.5. The summed E-state index contributed by atoms with van der Waals surface area (Å²) < 4.78 is 16.8. The molecular weight excluding hydrogens is 360 g/mol. The number of ether oxygens (including phenoxy) is 2. The normalized spacial score (nSPS) is 11.6. The van der Waals surface area contributed by atoms with Crippen LogP contribution in [0.1, 0.15) is 39.2 Å². The van der Waals surface area contributed by atoms with Crippen molar-refractivity contribution in [2.75, 3.05) is 0 Å². The molecule has 0 spiro atoms. The minimum absolute atomic E-state index is 0.0768. The van der Waals surface area contributed by atoms with Crippen LogP contribution in [0, 0.1) is 0 Å². The van der Waals surface area contributed by atoms with E-state index in [-0.39, 0.29) is 16.8 Å². The number of aliphatic carboxylic acids is 1. The highest BCUT2D eigenvalue weighted by molar-refractivity contribution is 5.80. The van der Waals surface area contributed by atoms with Crippen LogP contribution in [0.2, 0.25) is 0 Å². The molecule has 0 aliphatic carbocycles. The molecule has 1 N–H and O–H groups in total. The van der Waals surface area contributed by atoms with Crippen LogP contribution in [-0.4, -0.2) is 16.7 Å². The van der Waals surface area contributed by atoms with E-state index in [1.807, 2.05) is 18.2 Å². The first-order valence-corrected chi connectivity index (χ1v) is 8.93. The van der Waals surface area contributed by atoms with Gasteiger partial charge < -0.3 is 19.0 Å². The van der Waals surface area contributed by atoms with Gasteiger partial charge in [-0.3, -0.25) is 4.79 Å². The molecule has 1 heterocycles. The number of benzene rings is 2. The fourth-order valence-corrected chi connectivity index (χ4v) is 2.63. The summed E-state index contributed by atoms with van der Waals surface area (Å²) in [5.74, 6) is 0.168. The number of fused-ring (bicyclic) bond motifs is 1. The second-order valence-corrected chi connectivity index (χ2v) is 7.33. The van der Waals surface area contributed by atoms with Gasteiger partial charge >= 0.3 is 5.97 Å². The number of carboxylic acid groups (broad SMARTS) is 1. The fourth-order valence-electron chi connectivity index (χ4n) is 2.63. The summed E-state index contributed by atoms with van der Waals surface area (Å²) in [5, 5.41) is 9.49. The van der Waals surface area contributed by atoms with Gasteiger partial charge in [-0.1, -0.05) is 26.0 Å². The van der Waals surface area contributed by atoms with Crippen LogP contribution in [0.3, 0.4) is 0 Å². The molecule has 0 unspecified atom stereocenters. The molecule has 0 bridgehead atoms. The van der Waals surface area contributed by atoms with Crippen molar-refractivity contribution in [2.45, 2.75) is 39.2 Å². The van der Waals surface area contributed by atoms with Gasteiger partial charge in [-0.05, 0) is 49.6 Å². The number of hydrogen-bond acceptors (Lipinski definition) is 5. The van der Waals surface area contributed by atoms with E-state index in [0.717, 1.165) is 5.56 Å². The number of rotatable bonds is 6. The average Bonchev–Trinajstić information content (AvgIpc) is 2.64. The smallest absolute Gasteiger partial charge is 0.347 e. The Morgan fingerprint density at radius 2 is 1.86 bits per heavy atom. The van der Waals surface area contributed by atoms with E-state index in [1.54, 1.807) is 6.07 Å². The number of carbonyl (C=O) groups is 1. The Hall–Kier alpha value is -3.28. The molecule has 1 aromatic heterocycles. The molecule has 0 aliphatic rings. The standard InChI is InChI=1S/C22H22O6/c1-13(2)14-6-5-7-15(10-14)27-19-12-26-18-11-16(8-9-17(18)20(19)23)28-22(3,4)21(24)25/h5-13H,1-4H3,(H,24,25). The minimum Gasteiger partial charge on any atom is -0.478 e. The molecule has 0 aliphatic heterocycles. The van der Waals surface area contributed by atoms with Crippen LogP contribution in [0.5, 0.6) is 17.2 Å². The van der Waals surface area contributed by atoms with Crippen molar-refractivity contribution in [1.29, 1.82) is 0 Å². The van der Waals surface area contributed by atoms with Crippen LogP contribution in [0.15, 0.2) is 57.9 Å². The maximum absolute atomic E-state index is 12.7. The van der Waals surface area contributed by atoms with Crippen LogP contribution in [0.25, 0.3) is 11.0 Å². The second-order valence-electron chi connectivity index (χ2n) is 7.33. The lowest BCUT2D eigenvalue weighted by Crippen LogP contribution is -2.37. The quantitative estimate of drug-likeness (QED) is 0.649. The molecule has 0 fully saturated rings. The molecule has 6 nitrogen and oxygen atoms in total. The highest BCUT2D eigenvalue weighted by atomic mass is 16.5. The summed E-state index contributed by atoms with van der Waals surface area (Å²) in [5.41, 5.74) is -0.337. The van der Waals surface area contributed by atoms with Crippen molar-refractivity contribution in [1.82, 2.24) is 0 Å². The van der Waals surface area contributed by atoms with Crippen LogP contribution >= 0.6 is 0 Å². The van der Waals surface area contributed by atoms with Gasteiger partial charge in [0.05, 0.1) is 5.39 Å². The lowest BCUT2D eigenvalue weighted by Gasteiger charge is -2.21. The van der Waals surface area contributed by atoms with E-state index in [1.165, 1.54) is 38.3 Å². The molecule has 0 saturated heterocycles. The monoisotopic (exact) mass is 382 g/mol. The van der Waals surface area contributed by atoms with Crippen molar-refractivity contribution in [2.24, 2.45) is 0 Å². The zero-order valence-corrected chi connectivity index (χ0v) is 16.2. The minimum atomic E-state index is -1.40. The van der Waals surface area contributed by atoms with E-state index in [2.05, 4.69) is 13.8 Å². The molecule has 0 atom stereocenters. The molecule has 3 aromatic rings. The third-order valence-corrected chi connectivity index (χ3v) is 4.36. The molecule has 0 saturated carbocycles. The lowest BCUT2D eigenvalue weighted by molar-refractivity contribution is -0.152. The summed E-state index contributed by atoms with van der Waals surface area (Å²) in [6, 6.07) is 12.1. The van der Waals surface area contributed by atoms with Crippen LogP contribution < -0.4 is 14.9 Å². The van der Waals surface area contributed by atoms with Gasteiger partial charge in [0.1, 0.15) is 23.3 Å². The van der Waals surface area contributed by atoms with Gasteiger partial charge in [0.2, 0.25) is 11.2 Å². The maximum Gasteiger partial charge on any atom is 0.347 e. The Morgan fingerprint density at radius 1 is 1.11 bits per heavy atom. The summed E-state index contributed by atoms with van der Waals surface area (Å²) >= 11 is 0. The molecule has 0 radical (unpaired) electrons. The predicted octanol–water partition coefficient (Wildman–Crippen LogP) is 4.95. The molecule has 6 heteroatoms. The number of carboxylic acids is 1. The van der Waals surface area contributed by atoms with Gasteiger partial charge in [0, 0.05) is 6.07 Å². The molecule has 0 amide bonds. The molecule has 146 valence electrons. The Bertz CT molecular complexity index is 1080. The van der Waals surface area contributed by atoms with Gasteiger partial charge in [-0.15, -0.1) is 0 Å². The van der Waals surface area contributed by atoms with Gasteiger partial charge in [-0.25, -0.2) is 4.79 Å². The molecule has 2 aromatic carbocycles. The zero-order chi connectivity index (χ0) is 20.5. The third kappa shape index (κ3) is 4.01. The maximum atomic E-state index is 12.7. The highest BCUT2D eigenvalue weighted by Crippen LogP contribution is 2.27. The first-order valence-electron chi connectivity index (χ1n) is 8.93. The summed E-state index contributed by atoms with van der Waals surface area (Å²) in [6.07, 6.45) is 1.25. The van der Waals surface area contributed by atoms with Crippen LogP contribution in [-0.2, 0) is 4.79 Å². The van der Waals surface area contributed by atoms with Crippen molar-refractivity contribution >= 4 is 16.9 Å². The third-order valence-electron chi connectivity index (χ3n) is 4.36. The summed E-state index contributed by atoms with van der Waals surface area (Å²) in [7, 11) is 0. The van der Waals surface area contributed by atoms with E-state index >= 15 is 0 Å². The lowest BCUT2D eigenvalue weighted by atomic mass is 10.0. The molecule has 3 rings (SSSR count). The average molecular weight is 382 g/mol. The van der Waals surface area contributed by atoms with E-state index < -0.39 is 11.6 Å². The Morgan fingerprint density at radius 3 is 2.54 bits per heavy atom.